The zero-order valence-corrected chi connectivity index (χ0v) is 18.0. The fourth-order valence-electron chi connectivity index (χ4n) is 3.68. The van der Waals surface area contributed by atoms with Gasteiger partial charge < -0.3 is 14.6 Å². The lowest BCUT2D eigenvalue weighted by Gasteiger charge is -2.16. The molecule has 0 saturated carbocycles. The van der Waals surface area contributed by atoms with Crippen LogP contribution in [0.1, 0.15) is 41.3 Å². The highest BCUT2D eigenvalue weighted by atomic mass is 16.7. The Morgan fingerprint density at radius 1 is 1.12 bits per heavy atom. The number of carbonyl (C=O) groups is 1. The number of ketones is 1. The van der Waals surface area contributed by atoms with Gasteiger partial charge in [0, 0.05) is 23.4 Å². The van der Waals surface area contributed by atoms with E-state index in [9.17, 15) is 9.90 Å². The molecule has 0 aliphatic carbocycles. The smallest absolute Gasteiger partial charge is 0.231 e. The first-order chi connectivity index (χ1) is 15.3. The van der Waals surface area contributed by atoms with Crippen molar-refractivity contribution in [1.29, 1.82) is 0 Å². The van der Waals surface area contributed by atoms with Crippen molar-refractivity contribution in [1.82, 2.24) is 19.6 Å². The minimum Gasteiger partial charge on any atom is -0.454 e. The quantitative estimate of drug-likeness (QED) is 0.484. The second-order valence-electron chi connectivity index (χ2n) is 8.35. The predicted octanol–water partition coefficient (Wildman–Crippen LogP) is 3.48. The Morgan fingerprint density at radius 2 is 1.94 bits per heavy atom. The number of nitrogens with zero attached hydrogens (tertiary/aromatic N) is 4. The lowest BCUT2D eigenvalue weighted by atomic mass is 10.0. The fourth-order valence-corrected chi connectivity index (χ4v) is 3.68. The van der Waals surface area contributed by atoms with Crippen LogP contribution in [0.2, 0.25) is 0 Å². The van der Waals surface area contributed by atoms with Gasteiger partial charge in [0.1, 0.15) is 5.60 Å². The molecule has 1 N–H and O–H groups in total. The van der Waals surface area contributed by atoms with Crippen LogP contribution in [0.3, 0.4) is 0 Å². The maximum absolute atomic E-state index is 12.9. The van der Waals surface area contributed by atoms with Crippen LogP contribution in [0.4, 0.5) is 0 Å². The average Bonchev–Trinajstić information content (AvgIpc) is 3.37. The van der Waals surface area contributed by atoms with Gasteiger partial charge in [0.05, 0.1) is 29.2 Å². The predicted molar refractivity (Wildman–Crippen MR) is 117 cm³/mol. The molecule has 162 valence electrons. The van der Waals surface area contributed by atoms with Gasteiger partial charge in [0.25, 0.3) is 0 Å². The highest BCUT2D eigenvalue weighted by Crippen LogP contribution is 2.36. The van der Waals surface area contributed by atoms with E-state index in [1.807, 2.05) is 37.3 Å². The zero-order chi connectivity index (χ0) is 22.5. The summed E-state index contributed by atoms with van der Waals surface area (Å²) in [4.78, 5) is 21.8. The Kier molecular flexibility index (Phi) is 4.67. The molecule has 0 unspecified atom stereocenters. The third kappa shape index (κ3) is 3.69. The van der Waals surface area contributed by atoms with E-state index in [4.69, 9.17) is 9.47 Å². The topological polar surface area (TPSA) is 98.8 Å². The van der Waals surface area contributed by atoms with Crippen molar-refractivity contribution < 1.29 is 19.4 Å². The second-order valence-corrected chi connectivity index (χ2v) is 8.35. The maximum atomic E-state index is 12.9. The highest BCUT2D eigenvalue weighted by molar-refractivity contribution is 5.97. The van der Waals surface area contributed by atoms with Crippen molar-refractivity contribution in [3.05, 3.63) is 71.3 Å². The highest BCUT2D eigenvalue weighted by Gasteiger charge is 2.20. The lowest BCUT2D eigenvalue weighted by molar-refractivity contribution is 0.0737. The molecule has 1 aromatic carbocycles. The van der Waals surface area contributed by atoms with Crippen LogP contribution in [-0.2, 0) is 12.0 Å². The molecule has 1 aliphatic rings. The number of aryl methyl sites for hydroxylation is 1. The van der Waals surface area contributed by atoms with Gasteiger partial charge in [-0.05, 0) is 57.2 Å². The number of benzene rings is 1. The molecule has 0 bridgehead atoms. The number of aromatic nitrogens is 4. The first-order valence-electron chi connectivity index (χ1n) is 10.3. The lowest BCUT2D eigenvalue weighted by Crippen LogP contribution is -2.18. The summed E-state index contributed by atoms with van der Waals surface area (Å²) in [7, 11) is 0. The van der Waals surface area contributed by atoms with Crippen LogP contribution in [-0.4, -0.2) is 37.3 Å². The molecule has 4 aromatic rings. The molecule has 0 fully saturated rings. The third-order valence-corrected chi connectivity index (χ3v) is 5.32. The van der Waals surface area contributed by atoms with Gasteiger partial charge in [-0.15, -0.1) is 0 Å². The summed E-state index contributed by atoms with van der Waals surface area (Å²) in [6.45, 7) is 5.41. The van der Waals surface area contributed by atoms with Crippen molar-refractivity contribution in [2.75, 3.05) is 6.79 Å². The van der Waals surface area contributed by atoms with Crippen molar-refractivity contribution >= 4 is 11.4 Å². The molecule has 3 aromatic heterocycles. The molecule has 8 nitrogen and oxygen atoms in total. The number of fused-ring (bicyclic) bond motifs is 2. The van der Waals surface area contributed by atoms with Gasteiger partial charge in [0.15, 0.2) is 22.9 Å². The van der Waals surface area contributed by atoms with Crippen LogP contribution < -0.4 is 9.47 Å². The van der Waals surface area contributed by atoms with E-state index in [1.165, 1.54) is 6.20 Å². The first kappa shape index (κ1) is 20.1. The number of hydrogen-bond acceptors (Lipinski definition) is 7. The molecule has 4 heterocycles. The Hall–Kier alpha value is -3.78. The Labute approximate surface area is 184 Å². The van der Waals surface area contributed by atoms with Crippen LogP contribution in [0, 0.1) is 6.92 Å². The zero-order valence-electron chi connectivity index (χ0n) is 18.0. The molecule has 1 aliphatic heterocycles. The number of ether oxygens (including phenoxy) is 2. The monoisotopic (exact) mass is 430 g/mol. The minimum atomic E-state index is -1.06. The Balaban J connectivity index is 1.50. The second kappa shape index (κ2) is 7.42. The summed E-state index contributed by atoms with van der Waals surface area (Å²) in [6, 6.07) is 12.8. The molecule has 0 radical (unpaired) electrons. The van der Waals surface area contributed by atoms with Crippen LogP contribution >= 0.6 is 0 Å². The van der Waals surface area contributed by atoms with Crippen molar-refractivity contribution in [3.8, 4) is 22.8 Å². The number of aliphatic hydroxyl groups is 1. The van der Waals surface area contributed by atoms with E-state index in [2.05, 4.69) is 15.1 Å². The summed E-state index contributed by atoms with van der Waals surface area (Å²) >= 11 is 0. The van der Waals surface area contributed by atoms with Gasteiger partial charge >= 0.3 is 0 Å². The van der Waals surface area contributed by atoms with Gasteiger partial charge in [0.2, 0.25) is 6.79 Å². The maximum Gasteiger partial charge on any atom is 0.231 e. The van der Waals surface area contributed by atoms with E-state index >= 15 is 0 Å². The molecule has 8 heteroatoms. The summed E-state index contributed by atoms with van der Waals surface area (Å²) < 4.78 is 12.7. The van der Waals surface area contributed by atoms with Crippen LogP contribution in [0.15, 0.2) is 48.7 Å². The number of rotatable bonds is 5. The number of pyridine rings is 1. The molecular weight excluding hydrogens is 408 g/mol. The Morgan fingerprint density at radius 3 is 2.69 bits per heavy atom. The Bertz CT molecular complexity index is 1340. The molecule has 0 spiro atoms. The standard InChI is InChI=1S/C24H22N4O4/c1-14-8-23-26-17(11-19(29)16-5-7-22(25-12-16)24(2,3)30)10-18(28(23)27-14)15-4-6-20-21(9-15)32-13-31-20/h4-10,12,30H,11,13H2,1-3H3. The minimum absolute atomic E-state index is 0.107. The summed E-state index contributed by atoms with van der Waals surface area (Å²) in [5, 5.41) is 14.6. The molecule has 32 heavy (non-hydrogen) atoms. The van der Waals surface area contributed by atoms with E-state index < -0.39 is 5.60 Å². The SMILES string of the molecule is Cc1cc2nc(CC(=O)c3ccc(C(C)(C)O)nc3)cc(-c3ccc4c(c3)OCO4)n2n1. The third-order valence-electron chi connectivity index (χ3n) is 5.32. The van der Waals surface area contributed by atoms with Gasteiger partial charge in [-0.25, -0.2) is 9.50 Å². The van der Waals surface area contributed by atoms with Crippen molar-refractivity contribution in [2.45, 2.75) is 32.8 Å². The summed E-state index contributed by atoms with van der Waals surface area (Å²) in [6.07, 6.45) is 1.61. The normalized spacial score (nSPS) is 13.0. The van der Waals surface area contributed by atoms with E-state index in [-0.39, 0.29) is 19.0 Å². The molecule has 5 rings (SSSR count). The molecule has 0 saturated heterocycles. The number of hydrogen-bond donors (Lipinski definition) is 1. The number of carbonyl (C=O) groups excluding carboxylic acids is 1. The van der Waals surface area contributed by atoms with E-state index in [0.717, 1.165) is 17.0 Å². The van der Waals surface area contributed by atoms with Gasteiger partial charge in [-0.1, -0.05) is 0 Å². The molecule has 0 atom stereocenters. The van der Waals surface area contributed by atoms with E-state index in [1.54, 1.807) is 30.5 Å². The van der Waals surface area contributed by atoms with Gasteiger partial charge in [-0.2, -0.15) is 5.10 Å². The average molecular weight is 430 g/mol. The molecule has 0 amide bonds. The van der Waals surface area contributed by atoms with Crippen molar-refractivity contribution in [2.24, 2.45) is 0 Å². The van der Waals surface area contributed by atoms with Crippen molar-refractivity contribution in [3.63, 3.8) is 0 Å². The van der Waals surface area contributed by atoms with Gasteiger partial charge in [-0.3, -0.25) is 9.78 Å². The number of Topliss-reactive ketones (excluding diaryl/α,β-unsaturated/α-hetero) is 1. The largest absolute Gasteiger partial charge is 0.454 e. The van der Waals surface area contributed by atoms with Crippen LogP contribution in [0.25, 0.3) is 16.9 Å². The fraction of sp³-hybridized carbons (Fsp3) is 0.250. The summed E-state index contributed by atoms with van der Waals surface area (Å²) in [5.74, 6) is 1.27. The summed E-state index contributed by atoms with van der Waals surface area (Å²) in [5.41, 5.74) is 3.72. The van der Waals surface area contributed by atoms with E-state index in [0.29, 0.717) is 34.1 Å². The molecular formula is C24H22N4O4. The van der Waals surface area contributed by atoms with Crippen LogP contribution in [0.5, 0.6) is 11.5 Å². The first-order valence-corrected chi connectivity index (χ1v) is 10.3.